The summed E-state index contributed by atoms with van der Waals surface area (Å²) in [7, 11) is 0. The number of carbonyl (C=O) groups excluding carboxylic acids is 1. The number of nitrogens with one attached hydrogen (secondary N) is 1. The van der Waals surface area contributed by atoms with Gasteiger partial charge in [0.1, 0.15) is 0 Å². The van der Waals surface area contributed by atoms with Crippen molar-refractivity contribution in [2.45, 2.75) is 57.5 Å². The van der Waals surface area contributed by atoms with Crippen LogP contribution in [0, 0.1) is 0 Å². The summed E-state index contributed by atoms with van der Waals surface area (Å²) in [4.78, 5) is 12.5. The molecule has 23 heavy (non-hydrogen) atoms. The minimum atomic E-state index is -0.132. The highest BCUT2D eigenvalue weighted by molar-refractivity contribution is 5.83. The van der Waals surface area contributed by atoms with Gasteiger partial charge in [0, 0.05) is 0 Å². The van der Waals surface area contributed by atoms with Crippen LogP contribution in [0.2, 0.25) is 0 Å². The van der Waals surface area contributed by atoms with Gasteiger partial charge in [-0.2, -0.15) is 0 Å². The number of rotatable bonds is 6. The SMILES string of the molecule is CCC(C(=O)NCc1nnnn1C1CCCC1)c1ccccc1. The first-order chi connectivity index (χ1) is 11.3. The van der Waals surface area contributed by atoms with Crippen LogP contribution >= 0.6 is 0 Å². The number of amides is 1. The van der Waals surface area contributed by atoms with Gasteiger partial charge in [-0.1, -0.05) is 50.1 Å². The average Bonchev–Trinajstić information content (AvgIpc) is 3.25. The molecule has 0 bridgehead atoms. The van der Waals surface area contributed by atoms with Crippen molar-refractivity contribution in [3.05, 3.63) is 41.7 Å². The molecule has 1 amide bonds. The lowest BCUT2D eigenvalue weighted by atomic mass is 9.96. The lowest BCUT2D eigenvalue weighted by Gasteiger charge is -2.16. The molecule has 1 saturated carbocycles. The molecule has 122 valence electrons. The van der Waals surface area contributed by atoms with Crippen LogP contribution in [-0.4, -0.2) is 26.1 Å². The fourth-order valence-electron chi connectivity index (χ4n) is 3.31. The Labute approximate surface area is 136 Å². The fraction of sp³-hybridized carbons (Fsp3) is 0.529. The lowest BCUT2D eigenvalue weighted by molar-refractivity contribution is -0.122. The number of hydrogen-bond acceptors (Lipinski definition) is 4. The first-order valence-electron chi connectivity index (χ1n) is 8.39. The minimum absolute atomic E-state index is 0.0275. The van der Waals surface area contributed by atoms with Crippen LogP contribution in [0.3, 0.4) is 0 Å². The molecule has 1 atom stereocenters. The summed E-state index contributed by atoms with van der Waals surface area (Å²) in [6.45, 7) is 2.41. The predicted octanol–water partition coefficient (Wildman–Crippen LogP) is 2.60. The average molecular weight is 313 g/mol. The first-order valence-corrected chi connectivity index (χ1v) is 8.39. The van der Waals surface area contributed by atoms with E-state index in [1.54, 1.807) is 0 Å². The molecule has 1 heterocycles. The van der Waals surface area contributed by atoms with Gasteiger partial charge in [-0.15, -0.1) is 5.10 Å². The van der Waals surface area contributed by atoms with E-state index in [-0.39, 0.29) is 11.8 Å². The van der Waals surface area contributed by atoms with Crippen molar-refractivity contribution in [2.24, 2.45) is 0 Å². The van der Waals surface area contributed by atoms with Crippen molar-refractivity contribution in [1.82, 2.24) is 25.5 Å². The molecule has 0 spiro atoms. The van der Waals surface area contributed by atoms with Crippen LogP contribution in [0.15, 0.2) is 30.3 Å². The molecule has 6 heteroatoms. The van der Waals surface area contributed by atoms with Crippen LogP contribution in [0.25, 0.3) is 0 Å². The van der Waals surface area contributed by atoms with Crippen LogP contribution in [0.5, 0.6) is 0 Å². The smallest absolute Gasteiger partial charge is 0.227 e. The maximum atomic E-state index is 12.5. The number of nitrogens with zero attached hydrogens (tertiary/aromatic N) is 4. The van der Waals surface area contributed by atoms with E-state index < -0.39 is 0 Å². The normalized spacial score (nSPS) is 16.4. The molecule has 1 aliphatic carbocycles. The third-order valence-corrected chi connectivity index (χ3v) is 4.58. The van der Waals surface area contributed by atoms with Crippen molar-refractivity contribution < 1.29 is 4.79 Å². The largest absolute Gasteiger partial charge is 0.348 e. The van der Waals surface area contributed by atoms with E-state index in [1.165, 1.54) is 12.8 Å². The van der Waals surface area contributed by atoms with Crippen molar-refractivity contribution >= 4 is 5.91 Å². The molecule has 3 rings (SSSR count). The Hall–Kier alpha value is -2.24. The topological polar surface area (TPSA) is 72.7 Å². The quantitative estimate of drug-likeness (QED) is 0.889. The molecule has 0 aliphatic heterocycles. The molecular formula is C17H23N5O. The summed E-state index contributed by atoms with van der Waals surface area (Å²) in [5, 5.41) is 15.0. The van der Waals surface area contributed by atoms with Crippen molar-refractivity contribution in [2.75, 3.05) is 0 Å². The van der Waals surface area contributed by atoms with Gasteiger partial charge < -0.3 is 5.32 Å². The molecule has 0 saturated heterocycles. The Kier molecular flexibility index (Phi) is 5.00. The van der Waals surface area contributed by atoms with Gasteiger partial charge in [0.15, 0.2) is 5.82 Å². The second-order valence-electron chi connectivity index (χ2n) is 6.07. The van der Waals surface area contributed by atoms with Crippen LogP contribution in [0.4, 0.5) is 0 Å². The highest BCUT2D eigenvalue weighted by atomic mass is 16.1. The zero-order valence-electron chi connectivity index (χ0n) is 13.5. The molecule has 1 N–H and O–H groups in total. The van der Waals surface area contributed by atoms with E-state index in [0.717, 1.165) is 30.7 Å². The predicted molar refractivity (Wildman–Crippen MR) is 86.6 cm³/mol. The van der Waals surface area contributed by atoms with Gasteiger partial charge in [-0.05, 0) is 35.3 Å². The number of benzene rings is 1. The number of carbonyl (C=O) groups is 1. The van der Waals surface area contributed by atoms with Gasteiger partial charge in [0.05, 0.1) is 18.5 Å². The van der Waals surface area contributed by atoms with Crippen LogP contribution < -0.4 is 5.32 Å². The maximum Gasteiger partial charge on any atom is 0.227 e. The van der Waals surface area contributed by atoms with E-state index in [9.17, 15) is 4.79 Å². The summed E-state index contributed by atoms with van der Waals surface area (Å²) >= 11 is 0. The summed E-state index contributed by atoms with van der Waals surface area (Å²) in [6, 6.07) is 10.3. The highest BCUT2D eigenvalue weighted by Crippen LogP contribution is 2.29. The summed E-state index contributed by atoms with van der Waals surface area (Å²) in [5.41, 5.74) is 1.04. The monoisotopic (exact) mass is 313 g/mol. The lowest BCUT2D eigenvalue weighted by Crippen LogP contribution is -2.30. The Bertz CT molecular complexity index is 633. The molecule has 6 nitrogen and oxygen atoms in total. The Balaban J connectivity index is 1.64. The minimum Gasteiger partial charge on any atom is -0.348 e. The van der Waals surface area contributed by atoms with Gasteiger partial charge in [-0.3, -0.25) is 4.79 Å². The number of tetrazole rings is 1. The van der Waals surface area contributed by atoms with Gasteiger partial charge in [0.2, 0.25) is 5.91 Å². The number of aromatic nitrogens is 4. The summed E-state index contributed by atoms with van der Waals surface area (Å²) in [5.74, 6) is 0.639. The molecule has 1 aliphatic rings. The van der Waals surface area contributed by atoms with Crippen LogP contribution in [0.1, 0.15) is 62.4 Å². The number of hydrogen-bond donors (Lipinski definition) is 1. The van der Waals surface area contributed by atoms with E-state index in [0.29, 0.717) is 12.6 Å². The van der Waals surface area contributed by atoms with E-state index >= 15 is 0 Å². The standard InChI is InChI=1S/C17H23N5O/c1-2-15(13-8-4-3-5-9-13)17(23)18-12-16-19-20-21-22(16)14-10-6-7-11-14/h3-5,8-9,14-15H,2,6-7,10-12H2,1H3,(H,18,23). The molecule has 1 fully saturated rings. The van der Waals surface area contributed by atoms with Crippen molar-refractivity contribution in [1.29, 1.82) is 0 Å². The second-order valence-corrected chi connectivity index (χ2v) is 6.07. The zero-order valence-corrected chi connectivity index (χ0v) is 13.5. The van der Waals surface area contributed by atoms with Crippen molar-refractivity contribution in [3.8, 4) is 0 Å². The highest BCUT2D eigenvalue weighted by Gasteiger charge is 2.23. The Morgan fingerprint density at radius 3 is 2.74 bits per heavy atom. The third kappa shape index (κ3) is 3.57. The third-order valence-electron chi connectivity index (χ3n) is 4.58. The maximum absolute atomic E-state index is 12.5. The molecule has 0 radical (unpaired) electrons. The van der Waals surface area contributed by atoms with E-state index in [4.69, 9.17) is 0 Å². The molecule has 1 aromatic carbocycles. The van der Waals surface area contributed by atoms with Gasteiger partial charge in [-0.25, -0.2) is 4.68 Å². The van der Waals surface area contributed by atoms with E-state index in [1.807, 2.05) is 41.9 Å². The first kappa shape index (κ1) is 15.6. The van der Waals surface area contributed by atoms with Gasteiger partial charge in [0.25, 0.3) is 0 Å². The summed E-state index contributed by atoms with van der Waals surface area (Å²) in [6.07, 6.45) is 5.45. The fourth-order valence-corrected chi connectivity index (χ4v) is 3.31. The van der Waals surface area contributed by atoms with E-state index in [2.05, 4.69) is 20.8 Å². The zero-order chi connectivity index (χ0) is 16.1. The van der Waals surface area contributed by atoms with Crippen molar-refractivity contribution in [3.63, 3.8) is 0 Å². The molecule has 2 aromatic rings. The molecular weight excluding hydrogens is 290 g/mol. The molecule has 1 unspecified atom stereocenters. The second kappa shape index (κ2) is 7.35. The Morgan fingerprint density at radius 1 is 1.30 bits per heavy atom. The summed E-state index contributed by atoms with van der Waals surface area (Å²) < 4.78 is 1.89. The van der Waals surface area contributed by atoms with Gasteiger partial charge >= 0.3 is 0 Å². The molecule has 1 aromatic heterocycles. The van der Waals surface area contributed by atoms with Crippen LogP contribution in [-0.2, 0) is 11.3 Å². The Morgan fingerprint density at radius 2 is 2.04 bits per heavy atom.